The number of aryl methyl sites for hydroxylation is 2. The van der Waals surface area contributed by atoms with E-state index < -0.39 is 5.69 Å². The molecule has 1 aromatic carbocycles. The summed E-state index contributed by atoms with van der Waals surface area (Å²) < 4.78 is 3.02. The van der Waals surface area contributed by atoms with Crippen molar-refractivity contribution in [2.45, 2.75) is 20.4 Å². The van der Waals surface area contributed by atoms with E-state index in [0.29, 0.717) is 27.9 Å². The second-order valence-corrected chi connectivity index (χ2v) is 5.42. The minimum Gasteiger partial charge on any atom is -0.304 e. The molecule has 8 nitrogen and oxygen atoms in total. The Hall–Kier alpha value is -3.47. The van der Waals surface area contributed by atoms with E-state index in [2.05, 4.69) is 26.2 Å². The fraction of sp³-hybridized carbons (Fsp3) is 0.188. The molecule has 0 fully saturated rings. The minimum absolute atomic E-state index is 0.395. The number of nitriles is 1. The lowest BCUT2D eigenvalue weighted by Crippen LogP contribution is -2.17. The molecule has 0 atom stereocenters. The van der Waals surface area contributed by atoms with Crippen LogP contribution in [0.4, 0.5) is 0 Å². The third-order valence-corrected chi connectivity index (χ3v) is 3.97. The number of aromatic amines is 1. The van der Waals surface area contributed by atoms with Crippen molar-refractivity contribution in [1.29, 1.82) is 5.26 Å². The number of H-pyrrole nitrogens is 1. The second kappa shape index (κ2) is 5.03. The summed E-state index contributed by atoms with van der Waals surface area (Å²) in [6.07, 6.45) is 1.86. The molecule has 118 valence electrons. The van der Waals surface area contributed by atoms with Crippen molar-refractivity contribution >= 4 is 16.6 Å². The number of aromatic nitrogens is 6. The van der Waals surface area contributed by atoms with Crippen molar-refractivity contribution < 1.29 is 0 Å². The van der Waals surface area contributed by atoms with Crippen molar-refractivity contribution in [3.8, 4) is 17.5 Å². The molecule has 0 radical (unpaired) electrons. The van der Waals surface area contributed by atoms with Crippen LogP contribution in [0.1, 0.15) is 18.2 Å². The average molecular weight is 319 g/mol. The highest BCUT2D eigenvalue weighted by Crippen LogP contribution is 2.23. The van der Waals surface area contributed by atoms with Crippen LogP contribution >= 0.6 is 0 Å². The zero-order valence-electron chi connectivity index (χ0n) is 13.1. The molecule has 24 heavy (non-hydrogen) atoms. The fourth-order valence-corrected chi connectivity index (χ4v) is 2.77. The molecule has 0 amide bonds. The Morgan fingerprint density at radius 2 is 2.17 bits per heavy atom. The molecule has 0 saturated heterocycles. The lowest BCUT2D eigenvalue weighted by molar-refractivity contribution is 0.653. The first-order valence-corrected chi connectivity index (χ1v) is 7.48. The molecule has 8 heteroatoms. The molecule has 0 bridgehead atoms. The van der Waals surface area contributed by atoms with Crippen LogP contribution < -0.4 is 5.69 Å². The first-order valence-electron chi connectivity index (χ1n) is 7.48. The largest absolute Gasteiger partial charge is 0.348 e. The lowest BCUT2D eigenvalue weighted by atomic mass is 10.1. The number of benzene rings is 1. The van der Waals surface area contributed by atoms with Crippen molar-refractivity contribution in [2.24, 2.45) is 0 Å². The van der Waals surface area contributed by atoms with Gasteiger partial charge in [-0.3, -0.25) is 4.68 Å². The number of rotatable bonds is 2. The molecule has 4 aromatic rings. The third-order valence-electron chi connectivity index (χ3n) is 3.97. The number of hydrogen-bond acceptors (Lipinski definition) is 5. The Balaban J connectivity index is 2.07. The predicted molar refractivity (Wildman–Crippen MR) is 87.5 cm³/mol. The summed E-state index contributed by atoms with van der Waals surface area (Å²) in [6, 6.07) is 7.30. The number of nitrogens with one attached hydrogen (secondary N) is 1. The summed E-state index contributed by atoms with van der Waals surface area (Å²) in [6.45, 7) is 4.61. The Morgan fingerprint density at radius 1 is 1.33 bits per heavy atom. The monoisotopic (exact) mass is 319 g/mol. The molecule has 0 aliphatic heterocycles. The van der Waals surface area contributed by atoms with E-state index in [1.807, 2.05) is 26.1 Å². The molecule has 0 saturated carbocycles. The van der Waals surface area contributed by atoms with Crippen LogP contribution in [0.2, 0.25) is 0 Å². The molecule has 0 spiro atoms. The van der Waals surface area contributed by atoms with Gasteiger partial charge in [-0.1, -0.05) is 6.07 Å². The maximum Gasteiger partial charge on any atom is 0.348 e. The van der Waals surface area contributed by atoms with Crippen molar-refractivity contribution in [1.82, 2.24) is 29.4 Å². The Bertz CT molecular complexity index is 1190. The van der Waals surface area contributed by atoms with E-state index in [-0.39, 0.29) is 0 Å². The van der Waals surface area contributed by atoms with Crippen molar-refractivity contribution in [3.63, 3.8) is 0 Å². The highest BCUT2D eigenvalue weighted by Gasteiger charge is 2.16. The van der Waals surface area contributed by atoms with Gasteiger partial charge in [0.2, 0.25) is 0 Å². The van der Waals surface area contributed by atoms with Crippen LogP contribution in [-0.4, -0.2) is 29.4 Å². The Morgan fingerprint density at radius 3 is 2.88 bits per heavy atom. The topological polar surface area (TPSA) is 105 Å². The number of nitrogens with zero attached hydrogens (tertiary/aromatic N) is 6. The van der Waals surface area contributed by atoms with E-state index >= 15 is 0 Å². The van der Waals surface area contributed by atoms with Crippen LogP contribution in [0.3, 0.4) is 0 Å². The second-order valence-electron chi connectivity index (χ2n) is 5.42. The van der Waals surface area contributed by atoms with Gasteiger partial charge in [-0.15, -0.1) is 5.10 Å². The Kier molecular flexibility index (Phi) is 2.96. The number of hydrogen-bond donors (Lipinski definition) is 1. The van der Waals surface area contributed by atoms with Crippen LogP contribution in [0, 0.1) is 18.3 Å². The molecule has 3 heterocycles. The molecular weight excluding hydrogens is 306 g/mol. The fourth-order valence-electron chi connectivity index (χ4n) is 2.77. The van der Waals surface area contributed by atoms with Gasteiger partial charge in [0, 0.05) is 18.1 Å². The third kappa shape index (κ3) is 1.91. The van der Waals surface area contributed by atoms with Gasteiger partial charge in [-0.2, -0.15) is 14.9 Å². The number of fused-ring (bicyclic) bond motifs is 3. The summed E-state index contributed by atoms with van der Waals surface area (Å²) >= 11 is 0. The predicted octanol–water partition coefficient (Wildman–Crippen LogP) is 1.63. The SMILES string of the molecule is CCn1cc(-c2nc3c4cccc(C#N)c4[nH]c(=O)n3n2)c(C)n1. The summed E-state index contributed by atoms with van der Waals surface area (Å²) in [5, 5.41) is 18.6. The van der Waals surface area contributed by atoms with E-state index in [4.69, 9.17) is 0 Å². The van der Waals surface area contributed by atoms with Crippen LogP contribution in [-0.2, 0) is 6.54 Å². The summed E-state index contributed by atoms with van der Waals surface area (Å²) in [7, 11) is 0. The average Bonchev–Trinajstić information content (AvgIpc) is 3.18. The summed E-state index contributed by atoms with van der Waals surface area (Å²) in [5.41, 5.74) is 2.43. The Labute approximate surface area is 136 Å². The van der Waals surface area contributed by atoms with Gasteiger partial charge in [0.15, 0.2) is 11.5 Å². The maximum absolute atomic E-state index is 12.3. The first-order chi connectivity index (χ1) is 11.6. The molecular formula is C16H13N7O. The van der Waals surface area contributed by atoms with Crippen LogP contribution in [0.25, 0.3) is 27.9 Å². The zero-order valence-corrected chi connectivity index (χ0v) is 13.1. The van der Waals surface area contributed by atoms with Gasteiger partial charge < -0.3 is 4.98 Å². The summed E-state index contributed by atoms with van der Waals surface area (Å²) in [4.78, 5) is 19.6. The number of para-hydroxylation sites is 1. The first kappa shape index (κ1) is 14.1. The normalized spacial score (nSPS) is 11.2. The smallest absolute Gasteiger partial charge is 0.304 e. The molecule has 0 aliphatic carbocycles. The maximum atomic E-state index is 12.3. The van der Waals surface area contributed by atoms with E-state index in [1.54, 1.807) is 16.8 Å². The van der Waals surface area contributed by atoms with Crippen LogP contribution in [0.5, 0.6) is 0 Å². The van der Waals surface area contributed by atoms with Gasteiger partial charge in [0.05, 0.1) is 22.3 Å². The molecule has 0 unspecified atom stereocenters. The quantitative estimate of drug-likeness (QED) is 0.604. The summed E-state index contributed by atoms with van der Waals surface area (Å²) in [5.74, 6) is 0.438. The highest BCUT2D eigenvalue weighted by molar-refractivity contribution is 5.94. The van der Waals surface area contributed by atoms with Crippen molar-refractivity contribution in [3.05, 3.63) is 46.1 Å². The van der Waals surface area contributed by atoms with Gasteiger partial charge in [-0.25, -0.2) is 9.78 Å². The van der Waals surface area contributed by atoms with E-state index in [9.17, 15) is 10.1 Å². The van der Waals surface area contributed by atoms with Gasteiger partial charge in [0.25, 0.3) is 0 Å². The molecule has 1 N–H and O–H groups in total. The van der Waals surface area contributed by atoms with E-state index in [0.717, 1.165) is 17.8 Å². The highest BCUT2D eigenvalue weighted by atomic mass is 16.1. The van der Waals surface area contributed by atoms with Gasteiger partial charge in [-0.05, 0) is 26.0 Å². The zero-order chi connectivity index (χ0) is 16.8. The van der Waals surface area contributed by atoms with Gasteiger partial charge in [0.1, 0.15) is 6.07 Å². The molecule has 4 rings (SSSR count). The molecule has 3 aromatic heterocycles. The van der Waals surface area contributed by atoms with E-state index in [1.165, 1.54) is 4.52 Å². The van der Waals surface area contributed by atoms with Gasteiger partial charge >= 0.3 is 5.69 Å². The van der Waals surface area contributed by atoms with Crippen LogP contribution in [0.15, 0.2) is 29.2 Å². The minimum atomic E-state index is -0.431. The lowest BCUT2D eigenvalue weighted by Gasteiger charge is -2.00. The van der Waals surface area contributed by atoms with Crippen molar-refractivity contribution in [2.75, 3.05) is 0 Å². The molecule has 0 aliphatic rings. The standard InChI is InChI=1S/C16H13N7O/c1-3-22-8-12(9(2)20-22)14-19-15-11-6-4-5-10(7-17)13(11)18-16(24)23(15)21-14/h4-6,8H,3H2,1-2H3,(H,18,24).